The Kier molecular flexibility index (Phi) is 4.54. The van der Waals surface area contributed by atoms with E-state index < -0.39 is 11.6 Å². The fourth-order valence-corrected chi connectivity index (χ4v) is 2.43. The normalized spacial score (nSPS) is 22.7. The van der Waals surface area contributed by atoms with Gasteiger partial charge in [-0.3, -0.25) is 0 Å². The summed E-state index contributed by atoms with van der Waals surface area (Å²) in [4.78, 5) is 13.7. The van der Waals surface area contributed by atoms with Gasteiger partial charge in [0.15, 0.2) is 0 Å². The lowest BCUT2D eigenvalue weighted by molar-refractivity contribution is 0.149. The van der Waals surface area contributed by atoms with Gasteiger partial charge in [0.05, 0.1) is 5.69 Å². The average Bonchev–Trinajstić information content (AvgIpc) is 2.42. The molecule has 1 aliphatic rings. The monoisotopic (exact) mass is 283 g/mol. The van der Waals surface area contributed by atoms with Crippen molar-refractivity contribution in [1.29, 1.82) is 0 Å². The van der Waals surface area contributed by atoms with E-state index in [0.717, 1.165) is 18.6 Å². The van der Waals surface area contributed by atoms with E-state index >= 15 is 0 Å². The van der Waals surface area contributed by atoms with Crippen molar-refractivity contribution in [3.63, 3.8) is 0 Å². The standard InChI is InChI=1S/C14H19F2N3O/c1-9-4-5-19(8-10(9)7-17)14(20)18-13-3-2-11(15)6-12(13)16/h2-3,6,9-10H,4-5,7-8,17H2,1H3,(H,18,20). The van der Waals surface area contributed by atoms with Crippen molar-refractivity contribution >= 4 is 11.7 Å². The molecular formula is C14H19F2N3O. The first-order valence-corrected chi connectivity index (χ1v) is 6.72. The number of hydrogen-bond donors (Lipinski definition) is 2. The second-order valence-corrected chi connectivity index (χ2v) is 5.26. The van der Waals surface area contributed by atoms with Crippen LogP contribution < -0.4 is 11.1 Å². The summed E-state index contributed by atoms with van der Waals surface area (Å²) in [5.41, 5.74) is 5.67. The molecular weight excluding hydrogens is 264 g/mol. The van der Waals surface area contributed by atoms with E-state index in [1.807, 2.05) is 0 Å². The lowest BCUT2D eigenvalue weighted by atomic mass is 9.87. The van der Waals surface area contributed by atoms with Crippen LogP contribution in [0.4, 0.5) is 19.3 Å². The number of hydrogen-bond acceptors (Lipinski definition) is 2. The maximum Gasteiger partial charge on any atom is 0.321 e. The van der Waals surface area contributed by atoms with Crippen LogP contribution in [0, 0.1) is 23.5 Å². The number of carbonyl (C=O) groups excluding carboxylic acids is 1. The van der Waals surface area contributed by atoms with Crippen molar-refractivity contribution < 1.29 is 13.6 Å². The Hall–Kier alpha value is -1.69. The highest BCUT2D eigenvalue weighted by molar-refractivity contribution is 5.89. The fourth-order valence-electron chi connectivity index (χ4n) is 2.43. The largest absolute Gasteiger partial charge is 0.330 e. The molecule has 2 rings (SSSR count). The number of rotatable bonds is 2. The second-order valence-electron chi connectivity index (χ2n) is 5.26. The van der Waals surface area contributed by atoms with E-state index in [1.54, 1.807) is 4.90 Å². The third-order valence-corrected chi connectivity index (χ3v) is 3.88. The van der Waals surface area contributed by atoms with E-state index in [-0.39, 0.29) is 17.6 Å². The summed E-state index contributed by atoms with van der Waals surface area (Å²) in [5.74, 6) is -0.714. The van der Waals surface area contributed by atoms with Crippen LogP contribution in [0.3, 0.4) is 0 Å². The summed E-state index contributed by atoms with van der Waals surface area (Å²) in [5, 5.41) is 2.47. The molecule has 4 nitrogen and oxygen atoms in total. The van der Waals surface area contributed by atoms with Crippen LogP contribution in [0.25, 0.3) is 0 Å². The van der Waals surface area contributed by atoms with Gasteiger partial charge in [0.1, 0.15) is 11.6 Å². The van der Waals surface area contributed by atoms with Crippen LogP contribution in [0.15, 0.2) is 18.2 Å². The second kappa shape index (κ2) is 6.17. The quantitative estimate of drug-likeness (QED) is 0.875. The molecule has 0 aliphatic carbocycles. The van der Waals surface area contributed by atoms with Gasteiger partial charge in [0.25, 0.3) is 0 Å². The molecule has 1 aliphatic heterocycles. The van der Waals surface area contributed by atoms with E-state index in [1.165, 1.54) is 6.07 Å². The number of amides is 2. The van der Waals surface area contributed by atoms with E-state index in [4.69, 9.17) is 5.73 Å². The number of nitrogens with one attached hydrogen (secondary N) is 1. The summed E-state index contributed by atoms with van der Waals surface area (Å²) in [7, 11) is 0. The Balaban J connectivity index is 2.01. The molecule has 0 bridgehead atoms. The van der Waals surface area contributed by atoms with Crippen LogP contribution >= 0.6 is 0 Å². The predicted molar refractivity (Wildman–Crippen MR) is 73.3 cm³/mol. The van der Waals surface area contributed by atoms with Crippen molar-refractivity contribution in [1.82, 2.24) is 4.90 Å². The molecule has 6 heteroatoms. The SMILES string of the molecule is CC1CCN(C(=O)Nc2ccc(F)cc2F)CC1CN. The number of nitrogens with two attached hydrogens (primary N) is 1. The van der Waals surface area contributed by atoms with Gasteiger partial charge < -0.3 is 16.0 Å². The highest BCUT2D eigenvalue weighted by Crippen LogP contribution is 2.23. The summed E-state index contributed by atoms with van der Waals surface area (Å²) in [6.07, 6.45) is 0.876. The van der Waals surface area contributed by atoms with Crippen LogP contribution in [0.5, 0.6) is 0 Å². The predicted octanol–water partition coefficient (Wildman–Crippen LogP) is 2.41. The lowest BCUT2D eigenvalue weighted by Gasteiger charge is -2.36. The molecule has 0 radical (unpaired) electrons. The van der Waals surface area contributed by atoms with Crippen LogP contribution in [-0.4, -0.2) is 30.6 Å². The molecule has 1 aromatic carbocycles. The van der Waals surface area contributed by atoms with Gasteiger partial charge in [-0.1, -0.05) is 6.92 Å². The molecule has 0 saturated carbocycles. The Bertz CT molecular complexity index is 495. The number of benzene rings is 1. The van der Waals surface area contributed by atoms with Gasteiger partial charge in [0.2, 0.25) is 0 Å². The summed E-state index contributed by atoms with van der Waals surface area (Å²) in [6, 6.07) is 2.70. The summed E-state index contributed by atoms with van der Waals surface area (Å²) >= 11 is 0. The maximum absolute atomic E-state index is 13.5. The van der Waals surface area contributed by atoms with Crippen molar-refractivity contribution in [3.05, 3.63) is 29.8 Å². The topological polar surface area (TPSA) is 58.4 Å². The van der Waals surface area contributed by atoms with Crippen molar-refractivity contribution in [3.8, 4) is 0 Å². The third-order valence-electron chi connectivity index (χ3n) is 3.88. The van der Waals surface area contributed by atoms with Crippen molar-refractivity contribution in [2.75, 3.05) is 25.0 Å². The minimum atomic E-state index is -0.779. The highest BCUT2D eigenvalue weighted by atomic mass is 19.1. The number of likely N-dealkylation sites (tertiary alicyclic amines) is 1. The summed E-state index contributed by atoms with van der Waals surface area (Å²) < 4.78 is 26.3. The molecule has 3 N–H and O–H groups in total. The van der Waals surface area contributed by atoms with Crippen LogP contribution in [0.2, 0.25) is 0 Å². The molecule has 20 heavy (non-hydrogen) atoms. The Morgan fingerprint density at radius 1 is 1.50 bits per heavy atom. The van der Waals surface area contributed by atoms with Gasteiger partial charge in [-0.2, -0.15) is 0 Å². The first kappa shape index (κ1) is 14.7. The van der Waals surface area contributed by atoms with Gasteiger partial charge in [-0.25, -0.2) is 13.6 Å². The molecule has 1 aromatic rings. The molecule has 2 atom stereocenters. The number of carbonyl (C=O) groups is 1. The number of piperidine rings is 1. The first-order valence-electron chi connectivity index (χ1n) is 6.72. The third kappa shape index (κ3) is 3.25. The Labute approximate surface area is 116 Å². The Morgan fingerprint density at radius 3 is 2.90 bits per heavy atom. The van der Waals surface area contributed by atoms with Crippen molar-refractivity contribution in [2.24, 2.45) is 17.6 Å². The molecule has 2 amide bonds. The minimum absolute atomic E-state index is 0.0145. The molecule has 0 aromatic heterocycles. The zero-order chi connectivity index (χ0) is 14.7. The summed E-state index contributed by atoms with van der Waals surface area (Å²) in [6.45, 7) is 3.82. The van der Waals surface area contributed by atoms with E-state index in [2.05, 4.69) is 12.2 Å². The van der Waals surface area contributed by atoms with Gasteiger partial charge >= 0.3 is 6.03 Å². The average molecular weight is 283 g/mol. The zero-order valence-electron chi connectivity index (χ0n) is 11.4. The fraction of sp³-hybridized carbons (Fsp3) is 0.500. The van der Waals surface area contributed by atoms with Crippen molar-refractivity contribution in [2.45, 2.75) is 13.3 Å². The zero-order valence-corrected chi connectivity index (χ0v) is 11.4. The first-order chi connectivity index (χ1) is 9.51. The molecule has 1 heterocycles. The van der Waals surface area contributed by atoms with Crippen LogP contribution in [-0.2, 0) is 0 Å². The smallest absolute Gasteiger partial charge is 0.321 e. The number of nitrogens with zero attached hydrogens (tertiary/aromatic N) is 1. The van der Waals surface area contributed by atoms with Gasteiger partial charge in [0, 0.05) is 19.2 Å². The van der Waals surface area contributed by atoms with E-state index in [0.29, 0.717) is 25.6 Å². The number of halogens is 2. The maximum atomic E-state index is 13.5. The number of anilines is 1. The van der Waals surface area contributed by atoms with Gasteiger partial charge in [-0.05, 0) is 36.9 Å². The minimum Gasteiger partial charge on any atom is -0.330 e. The highest BCUT2D eigenvalue weighted by Gasteiger charge is 2.28. The lowest BCUT2D eigenvalue weighted by Crippen LogP contribution is -2.47. The van der Waals surface area contributed by atoms with Crippen LogP contribution in [0.1, 0.15) is 13.3 Å². The van der Waals surface area contributed by atoms with E-state index in [9.17, 15) is 13.6 Å². The Morgan fingerprint density at radius 2 is 2.25 bits per heavy atom. The molecule has 110 valence electrons. The molecule has 2 unspecified atom stereocenters. The van der Waals surface area contributed by atoms with Gasteiger partial charge in [-0.15, -0.1) is 0 Å². The molecule has 1 fully saturated rings. The molecule has 0 spiro atoms. The number of urea groups is 1. The molecule has 1 saturated heterocycles.